The predicted molar refractivity (Wildman–Crippen MR) is 138 cm³/mol. The summed E-state index contributed by atoms with van der Waals surface area (Å²) in [6.45, 7) is 8.97. The van der Waals surface area contributed by atoms with E-state index in [-0.39, 0.29) is 6.10 Å². The van der Waals surface area contributed by atoms with Crippen molar-refractivity contribution >= 4 is 34.6 Å². The molecule has 4 aromatic heterocycles. The number of rotatable bonds is 7. The van der Waals surface area contributed by atoms with E-state index in [1.807, 2.05) is 61.0 Å². The Bertz CT molecular complexity index is 1290. The van der Waals surface area contributed by atoms with Gasteiger partial charge in [-0.25, -0.2) is 9.97 Å². The number of imidazole rings is 1. The van der Waals surface area contributed by atoms with Gasteiger partial charge in [0.15, 0.2) is 0 Å². The predicted octanol–water partition coefficient (Wildman–Crippen LogP) is 3.93. The smallest absolute Gasteiger partial charge is 0.231 e. The molecule has 0 saturated carbocycles. The molecule has 1 saturated heterocycles. The van der Waals surface area contributed by atoms with Crippen LogP contribution in [0.15, 0.2) is 55.1 Å². The Balaban J connectivity index is 1.43. The molecular weight excluding hydrogens is 442 g/mol. The number of hydrogen-bond acceptors (Lipinski definition) is 9. The molecule has 1 aliphatic rings. The summed E-state index contributed by atoms with van der Waals surface area (Å²) >= 11 is 0. The average molecular weight is 474 g/mol. The van der Waals surface area contributed by atoms with Crippen LogP contribution in [0.2, 0.25) is 0 Å². The Labute approximate surface area is 205 Å². The summed E-state index contributed by atoms with van der Waals surface area (Å²) in [4.78, 5) is 23.0. The van der Waals surface area contributed by atoms with Crippen molar-refractivity contribution < 1.29 is 4.74 Å². The van der Waals surface area contributed by atoms with Crippen molar-refractivity contribution in [2.45, 2.75) is 32.9 Å². The minimum absolute atomic E-state index is 0.0714. The summed E-state index contributed by atoms with van der Waals surface area (Å²) in [6, 6.07) is 10.2. The molecule has 0 spiro atoms. The molecule has 1 aliphatic heterocycles. The number of piperazine rings is 1. The molecule has 0 radical (unpaired) electrons. The van der Waals surface area contributed by atoms with E-state index in [9.17, 15) is 0 Å². The number of pyridine rings is 2. The number of likely N-dealkylation sites (N-methyl/N-ethyl adjacent to an activating group) is 1. The third-order valence-corrected chi connectivity index (χ3v) is 6.02. The zero-order chi connectivity index (χ0) is 24.4. The molecule has 2 N–H and O–H groups in total. The first-order valence-electron chi connectivity index (χ1n) is 11.9. The van der Waals surface area contributed by atoms with Gasteiger partial charge in [-0.1, -0.05) is 0 Å². The van der Waals surface area contributed by atoms with Gasteiger partial charge in [0.2, 0.25) is 11.8 Å². The Kier molecular flexibility index (Phi) is 6.37. The highest BCUT2D eigenvalue weighted by Crippen LogP contribution is 2.26. The molecular formula is C25H31N9O. The third kappa shape index (κ3) is 5.43. The van der Waals surface area contributed by atoms with Crippen LogP contribution >= 0.6 is 0 Å². The van der Waals surface area contributed by atoms with Gasteiger partial charge in [0, 0.05) is 68.2 Å². The molecule has 5 rings (SSSR count). The van der Waals surface area contributed by atoms with Gasteiger partial charge >= 0.3 is 0 Å². The van der Waals surface area contributed by atoms with Crippen LogP contribution in [-0.2, 0) is 0 Å². The fraction of sp³-hybridized carbons (Fsp3) is 0.360. The fourth-order valence-electron chi connectivity index (χ4n) is 4.00. The fourth-order valence-corrected chi connectivity index (χ4v) is 4.00. The standard InChI is InChI=1S/C25H31N9O/c1-17(2)35-24-6-5-20(15-27-24)29-25-30-21(28-19-7-9-33-10-8-26-22(33)13-19)14-23(31-25)34-12-11-32(4)18(3)16-34/h5-10,13-15,17-18H,11-12,16H2,1-4H3,(H2,28,29,30,31). The second-order valence-electron chi connectivity index (χ2n) is 9.12. The maximum Gasteiger partial charge on any atom is 0.231 e. The van der Waals surface area contributed by atoms with Crippen molar-refractivity contribution in [1.29, 1.82) is 0 Å². The molecule has 182 valence electrons. The number of nitrogens with one attached hydrogen (secondary N) is 2. The minimum Gasteiger partial charge on any atom is -0.475 e. The first-order chi connectivity index (χ1) is 16.9. The molecule has 5 heterocycles. The third-order valence-electron chi connectivity index (χ3n) is 6.02. The molecule has 4 aromatic rings. The minimum atomic E-state index is 0.0714. The number of aromatic nitrogens is 5. The van der Waals surface area contributed by atoms with Crippen LogP contribution in [0.3, 0.4) is 0 Å². The molecule has 0 bridgehead atoms. The topological polar surface area (TPSA) is 95.7 Å². The number of hydrogen-bond donors (Lipinski definition) is 2. The van der Waals surface area contributed by atoms with Crippen LogP contribution < -0.4 is 20.3 Å². The second-order valence-corrected chi connectivity index (χ2v) is 9.12. The van der Waals surface area contributed by atoms with Crippen molar-refractivity contribution in [1.82, 2.24) is 29.2 Å². The number of anilines is 5. The lowest BCUT2D eigenvalue weighted by molar-refractivity contribution is 0.232. The van der Waals surface area contributed by atoms with Crippen LogP contribution in [0.4, 0.5) is 29.0 Å². The molecule has 35 heavy (non-hydrogen) atoms. The van der Waals surface area contributed by atoms with Crippen molar-refractivity contribution in [2.24, 2.45) is 0 Å². The summed E-state index contributed by atoms with van der Waals surface area (Å²) in [5.41, 5.74) is 2.56. The molecule has 1 fully saturated rings. The number of ether oxygens (including phenoxy) is 1. The zero-order valence-corrected chi connectivity index (χ0v) is 20.5. The molecule has 0 aromatic carbocycles. The average Bonchev–Trinajstić information content (AvgIpc) is 3.30. The van der Waals surface area contributed by atoms with Crippen molar-refractivity contribution in [3.05, 3.63) is 55.1 Å². The summed E-state index contributed by atoms with van der Waals surface area (Å²) in [7, 11) is 2.16. The first kappa shape index (κ1) is 22.9. The largest absolute Gasteiger partial charge is 0.475 e. The van der Waals surface area contributed by atoms with Crippen molar-refractivity contribution in [3.8, 4) is 5.88 Å². The van der Waals surface area contributed by atoms with Gasteiger partial charge in [0.05, 0.1) is 18.0 Å². The quantitative estimate of drug-likeness (QED) is 0.414. The summed E-state index contributed by atoms with van der Waals surface area (Å²) in [6.07, 6.45) is 7.47. The highest BCUT2D eigenvalue weighted by Gasteiger charge is 2.22. The van der Waals surface area contributed by atoms with Gasteiger partial charge in [-0.3, -0.25) is 0 Å². The number of nitrogens with zero attached hydrogens (tertiary/aromatic N) is 7. The first-order valence-corrected chi connectivity index (χ1v) is 11.9. The molecule has 1 atom stereocenters. The summed E-state index contributed by atoms with van der Waals surface area (Å²) < 4.78 is 7.62. The van der Waals surface area contributed by atoms with E-state index in [1.165, 1.54) is 0 Å². The lowest BCUT2D eigenvalue weighted by Gasteiger charge is -2.38. The lowest BCUT2D eigenvalue weighted by atomic mass is 10.2. The van der Waals surface area contributed by atoms with Crippen LogP contribution in [0.5, 0.6) is 5.88 Å². The summed E-state index contributed by atoms with van der Waals surface area (Å²) in [5, 5.41) is 6.73. The van der Waals surface area contributed by atoms with E-state index < -0.39 is 0 Å². The zero-order valence-electron chi connectivity index (χ0n) is 20.5. The number of fused-ring (bicyclic) bond motifs is 1. The van der Waals surface area contributed by atoms with E-state index in [4.69, 9.17) is 14.7 Å². The van der Waals surface area contributed by atoms with Gasteiger partial charge in [0.25, 0.3) is 0 Å². The van der Waals surface area contributed by atoms with Crippen molar-refractivity contribution in [2.75, 3.05) is 42.2 Å². The SMILES string of the molecule is CC(C)Oc1ccc(Nc2nc(Nc3ccn4ccnc4c3)cc(N3CCN(C)C(C)C3)n2)cn1. The van der Waals surface area contributed by atoms with E-state index >= 15 is 0 Å². The van der Waals surface area contributed by atoms with Crippen LogP contribution in [0, 0.1) is 0 Å². The van der Waals surface area contributed by atoms with Gasteiger partial charge in [0.1, 0.15) is 17.3 Å². The second kappa shape index (κ2) is 9.75. The van der Waals surface area contributed by atoms with Crippen molar-refractivity contribution in [3.63, 3.8) is 0 Å². The normalized spacial score (nSPS) is 16.6. The van der Waals surface area contributed by atoms with Gasteiger partial charge < -0.3 is 29.6 Å². The Morgan fingerprint density at radius 1 is 1.00 bits per heavy atom. The van der Waals surface area contributed by atoms with Crippen LogP contribution in [-0.4, -0.2) is 68.1 Å². The molecule has 0 amide bonds. The van der Waals surface area contributed by atoms with E-state index in [0.717, 1.165) is 42.5 Å². The Hall–Kier alpha value is -3.92. The van der Waals surface area contributed by atoms with E-state index in [0.29, 0.717) is 23.7 Å². The van der Waals surface area contributed by atoms with Gasteiger partial charge in [-0.15, -0.1) is 0 Å². The highest BCUT2D eigenvalue weighted by atomic mass is 16.5. The molecule has 0 aliphatic carbocycles. The molecule has 1 unspecified atom stereocenters. The van der Waals surface area contributed by atoms with Gasteiger partial charge in [-0.05, 0) is 40.0 Å². The Morgan fingerprint density at radius 2 is 1.89 bits per heavy atom. The van der Waals surface area contributed by atoms with Gasteiger partial charge in [-0.2, -0.15) is 9.97 Å². The van der Waals surface area contributed by atoms with Crippen LogP contribution in [0.1, 0.15) is 20.8 Å². The Morgan fingerprint density at radius 3 is 2.66 bits per heavy atom. The highest BCUT2D eigenvalue weighted by molar-refractivity contribution is 5.66. The monoisotopic (exact) mass is 473 g/mol. The van der Waals surface area contributed by atoms with Crippen LogP contribution in [0.25, 0.3) is 5.65 Å². The molecule has 10 nitrogen and oxygen atoms in total. The summed E-state index contributed by atoms with van der Waals surface area (Å²) in [5.74, 6) is 2.66. The maximum atomic E-state index is 5.65. The molecule has 10 heteroatoms. The van der Waals surface area contributed by atoms with E-state index in [2.05, 4.69) is 44.4 Å². The maximum absolute atomic E-state index is 5.65. The van der Waals surface area contributed by atoms with E-state index in [1.54, 1.807) is 12.4 Å². The lowest BCUT2D eigenvalue weighted by Crippen LogP contribution is -2.50.